The lowest BCUT2D eigenvalue weighted by Crippen LogP contribution is -2.37. The number of oxime groups is 1. The molecule has 100 valence electrons. The first-order valence-corrected chi connectivity index (χ1v) is 6.18. The van der Waals surface area contributed by atoms with Gasteiger partial charge >= 0.3 is 5.97 Å². The second-order valence-corrected chi connectivity index (χ2v) is 4.56. The maximum Gasteiger partial charge on any atom is 0.350 e. The number of carboxylic acids is 1. The first-order chi connectivity index (χ1) is 9.18. The van der Waals surface area contributed by atoms with Crippen LogP contribution in [0.25, 0.3) is 0 Å². The van der Waals surface area contributed by atoms with E-state index in [1.54, 1.807) is 24.3 Å². The number of aliphatic carboxylic acids is 1. The van der Waals surface area contributed by atoms with E-state index in [-0.39, 0.29) is 5.71 Å². The molecule has 0 spiro atoms. The van der Waals surface area contributed by atoms with Gasteiger partial charge in [-0.15, -0.1) is 0 Å². The molecule has 1 saturated carbocycles. The van der Waals surface area contributed by atoms with Crippen molar-refractivity contribution in [3.05, 3.63) is 35.9 Å². The van der Waals surface area contributed by atoms with Crippen LogP contribution in [0.15, 0.2) is 35.5 Å². The number of rotatable bonds is 5. The summed E-state index contributed by atoms with van der Waals surface area (Å²) in [7, 11) is 0. The molecule has 0 amide bonds. The molecular weight excluding hydrogens is 246 g/mol. The van der Waals surface area contributed by atoms with Gasteiger partial charge in [-0.05, 0) is 12.8 Å². The van der Waals surface area contributed by atoms with Crippen LogP contribution in [0, 0.1) is 0 Å². The van der Waals surface area contributed by atoms with Crippen LogP contribution in [0.3, 0.4) is 0 Å². The Bertz CT molecular complexity index is 489. The van der Waals surface area contributed by atoms with Crippen LogP contribution in [0.2, 0.25) is 0 Å². The monoisotopic (exact) mass is 261 g/mol. The Morgan fingerprint density at radius 2 is 1.89 bits per heavy atom. The van der Waals surface area contributed by atoms with Crippen molar-refractivity contribution in [1.29, 1.82) is 0 Å². The van der Waals surface area contributed by atoms with E-state index in [1.807, 2.05) is 6.07 Å². The molecule has 1 fully saturated rings. The number of benzene rings is 1. The first kappa shape index (κ1) is 13.3. The fourth-order valence-corrected chi connectivity index (χ4v) is 2.18. The lowest BCUT2D eigenvalue weighted by Gasteiger charge is -2.21. The highest BCUT2D eigenvalue weighted by molar-refractivity contribution is 6.36. The molecule has 0 heterocycles. The highest BCUT2D eigenvalue weighted by Crippen LogP contribution is 2.33. The van der Waals surface area contributed by atoms with Crippen molar-refractivity contribution in [3.8, 4) is 0 Å². The summed E-state index contributed by atoms with van der Waals surface area (Å²) in [5.74, 6) is -1.02. The van der Waals surface area contributed by atoms with Crippen molar-refractivity contribution < 1.29 is 19.5 Å². The summed E-state index contributed by atoms with van der Waals surface area (Å²) < 4.78 is 0. The van der Waals surface area contributed by atoms with E-state index in [1.165, 1.54) is 0 Å². The van der Waals surface area contributed by atoms with E-state index in [0.717, 1.165) is 12.8 Å². The largest absolute Gasteiger partial charge is 0.478 e. The summed E-state index contributed by atoms with van der Waals surface area (Å²) >= 11 is 0. The molecule has 1 N–H and O–H groups in total. The molecule has 19 heavy (non-hydrogen) atoms. The van der Waals surface area contributed by atoms with Gasteiger partial charge in [-0.25, -0.2) is 4.79 Å². The molecule has 2 rings (SSSR count). The average Bonchev–Trinajstić information content (AvgIpc) is 2.91. The van der Waals surface area contributed by atoms with Crippen molar-refractivity contribution in [1.82, 2.24) is 0 Å². The summed E-state index contributed by atoms with van der Waals surface area (Å²) in [5.41, 5.74) is -0.563. The van der Waals surface area contributed by atoms with Crippen LogP contribution in [-0.4, -0.2) is 28.7 Å². The van der Waals surface area contributed by atoms with Gasteiger partial charge < -0.3 is 9.94 Å². The van der Waals surface area contributed by atoms with Crippen LogP contribution in [0.5, 0.6) is 0 Å². The molecule has 5 nitrogen and oxygen atoms in total. The van der Waals surface area contributed by atoms with E-state index >= 15 is 0 Å². The van der Waals surface area contributed by atoms with Gasteiger partial charge in [-0.1, -0.05) is 35.5 Å². The number of hydrogen-bond donors (Lipinski definition) is 1. The van der Waals surface area contributed by atoms with E-state index in [2.05, 4.69) is 5.16 Å². The number of carbonyl (C=O) groups is 2. The van der Waals surface area contributed by atoms with Crippen molar-refractivity contribution in [2.45, 2.75) is 31.3 Å². The molecule has 1 aliphatic carbocycles. The Kier molecular flexibility index (Phi) is 3.94. The van der Waals surface area contributed by atoms with Gasteiger partial charge in [-0.2, -0.15) is 0 Å². The highest BCUT2D eigenvalue weighted by Gasteiger charge is 2.44. The molecule has 0 aliphatic heterocycles. The lowest BCUT2D eigenvalue weighted by molar-refractivity contribution is -0.165. The number of carboxylic acid groups (broad SMARTS) is 1. The molecule has 5 heteroatoms. The molecule has 1 aromatic rings. The minimum Gasteiger partial charge on any atom is -0.478 e. The van der Waals surface area contributed by atoms with Crippen molar-refractivity contribution >= 4 is 18.0 Å². The number of aldehydes is 1. The van der Waals surface area contributed by atoms with Gasteiger partial charge in [0, 0.05) is 18.4 Å². The van der Waals surface area contributed by atoms with E-state index in [0.29, 0.717) is 24.7 Å². The Morgan fingerprint density at radius 1 is 1.26 bits per heavy atom. The van der Waals surface area contributed by atoms with Crippen LogP contribution >= 0.6 is 0 Å². The standard InChI is InChI=1S/C14H15NO4/c16-10-12(11-6-2-1-3-7-11)15-19-14(13(17)18)8-4-5-9-14/h1-3,6-7,10H,4-5,8-9H2,(H,17,18)/b15-12-. The predicted molar refractivity (Wildman–Crippen MR) is 69.0 cm³/mol. The molecule has 1 aliphatic rings. The Morgan fingerprint density at radius 3 is 2.42 bits per heavy atom. The van der Waals surface area contributed by atoms with E-state index in [4.69, 9.17) is 4.84 Å². The second kappa shape index (κ2) is 5.65. The second-order valence-electron chi connectivity index (χ2n) is 4.56. The summed E-state index contributed by atoms with van der Waals surface area (Å²) in [4.78, 5) is 27.5. The molecule has 0 saturated heterocycles. The van der Waals surface area contributed by atoms with Crippen LogP contribution < -0.4 is 0 Å². The smallest absolute Gasteiger partial charge is 0.350 e. The summed E-state index contributed by atoms with van der Waals surface area (Å²) in [6.45, 7) is 0. The summed E-state index contributed by atoms with van der Waals surface area (Å²) in [5, 5.41) is 13.0. The van der Waals surface area contributed by atoms with Crippen molar-refractivity contribution in [3.63, 3.8) is 0 Å². The third-order valence-electron chi connectivity index (χ3n) is 3.30. The Hall–Kier alpha value is -2.17. The quantitative estimate of drug-likeness (QED) is 0.499. The summed E-state index contributed by atoms with van der Waals surface area (Å²) in [6, 6.07) is 8.81. The van der Waals surface area contributed by atoms with Gasteiger partial charge in [0.1, 0.15) is 5.71 Å². The Balaban J connectivity index is 2.20. The van der Waals surface area contributed by atoms with E-state index < -0.39 is 11.6 Å². The molecular formula is C14H15NO4. The SMILES string of the molecule is O=C/C(=N/OC1(C(=O)O)CCCC1)c1ccccc1. The predicted octanol–water partition coefficient (Wildman–Crippen LogP) is 2.00. The maximum atomic E-state index is 11.3. The first-order valence-electron chi connectivity index (χ1n) is 6.18. The van der Waals surface area contributed by atoms with Gasteiger partial charge in [0.15, 0.2) is 6.29 Å². The van der Waals surface area contributed by atoms with Crippen LogP contribution in [0.4, 0.5) is 0 Å². The van der Waals surface area contributed by atoms with Crippen molar-refractivity contribution in [2.75, 3.05) is 0 Å². The molecule has 0 atom stereocenters. The van der Waals surface area contributed by atoms with Gasteiger partial charge in [0.05, 0.1) is 0 Å². The molecule has 1 aromatic carbocycles. The van der Waals surface area contributed by atoms with Gasteiger partial charge in [-0.3, -0.25) is 4.79 Å². The summed E-state index contributed by atoms with van der Waals surface area (Å²) in [6.07, 6.45) is 3.01. The van der Waals surface area contributed by atoms with E-state index in [9.17, 15) is 14.7 Å². The maximum absolute atomic E-state index is 11.3. The molecule has 0 bridgehead atoms. The molecule has 0 unspecified atom stereocenters. The Labute approximate surface area is 110 Å². The normalized spacial score (nSPS) is 18.0. The topological polar surface area (TPSA) is 76.0 Å². The highest BCUT2D eigenvalue weighted by atomic mass is 16.7. The van der Waals surface area contributed by atoms with Crippen LogP contribution in [-0.2, 0) is 14.4 Å². The molecule has 0 aromatic heterocycles. The minimum atomic E-state index is -1.27. The number of carbonyl (C=O) groups excluding carboxylic acids is 1. The van der Waals surface area contributed by atoms with Gasteiger partial charge in [0.2, 0.25) is 5.60 Å². The molecule has 0 radical (unpaired) electrons. The van der Waals surface area contributed by atoms with Gasteiger partial charge in [0.25, 0.3) is 0 Å². The average molecular weight is 261 g/mol. The number of hydrogen-bond acceptors (Lipinski definition) is 4. The number of nitrogens with zero attached hydrogens (tertiary/aromatic N) is 1. The fraction of sp³-hybridized carbons (Fsp3) is 0.357. The fourth-order valence-electron chi connectivity index (χ4n) is 2.18. The zero-order valence-corrected chi connectivity index (χ0v) is 10.4. The van der Waals surface area contributed by atoms with Crippen LogP contribution in [0.1, 0.15) is 31.2 Å². The zero-order valence-electron chi connectivity index (χ0n) is 10.4. The van der Waals surface area contributed by atoms with Crippen molar-refractivity contribution in [2.24, 2.45) is 5.16 Å². The third-order valence-corrected chi connectivity index (χ3v) is 3.30. The third kappa shape index (κ3) is 2.81. The zero-order chi connectivity index (χ0) is 13.7. The lowest BCUT2D eigenvalue weighted by atomic mass is 10.0. The minimum absolute atomic E-state index is 0.105.